The van der Waals surface area contributed by atoms with Crippen molar-refractivity contribution in [1.29, 1.82) is 0 Å². The molecule has 11 heavy (non-hydrogen) atoms. The molecule has 0 aliphatic heterocycles. The minimum atomic E-state index is 1.02. The van der Waals surface area contributed by atoms with Crippen molar-refractivity contribution in [3.8, 4) is 0 Å². The Morgan fingerprint density at radius 2 is 2.09 bits per heavy atom. The number of benzene rings is 1. The summed E-state index contributed by atoms with van der Waals surface area (Å²) in [6.45, 7) is 2.12. The van der Waals surface area contributed by atoms with Gasteiger partial charge in [-0.25, -0.2) is 0 Å². The number of anilines is 1. The largest absolute Gasteiger partial charge is 0.279 e. The number of hydrogen-bond donors (Lipinski definition) is 1. The van der Waals surface area contributed by atoms with Crippen LogP contribution in [0.4, 0.5) is 5.69 Å². The van der Waals surface area contributed by atoms with E-state index in [1.165, 1.54) is 5.56 Å². The Hall–Kier alpha value is -1.02. The summed E-state index contributed by atoms with van der Waals surface area (Å²) in [6.07, 6.45) is 1.02. The van der Waals surface area contributed by atoms with E-state index in [1.807, 2.05) is 18.2 Å². The molecule has 0 saturated heterocycles. The van der Waals surface area contributed by atoms with Crippen LogP contribution in [0.5, 0.6) is 0 Å². The second-order valence-electron chi connectivity index (χ2n) is 2.32. The topological polar surface area (TPSA) is 21.3 Å². The molecule has 0 saturated carbocycles. The smallest absolute Gasteiger partial charge is 0.0636 e. The van der Waals surface area contributed by atoms with Crippen molar-refractivity contribution in [3.05, 3.63) is 29.8 Å². The van der Waals surface area contributed by atoms with Crippen LogP contribution in [0, 0.1) is 0 Å². The molecule has 0 heterocycles. The van der Waals surface area contributed by atoms with Gasteiger partial charge < -0.3 is 0 Å². The fraction of sp³-hybridized carbons (Fsp3) is 0.333. The Kier molecular flexibility index (Phi) is 2.93. The van der Waals surface area contributed by atoms with Gasteiger partial charge in [0.25, 0.3) is 0 Å². The van der Waals surface area contributed by atoms with Gasteiger partial charge in [0.1, 0.15) is 0 Å². The lowest BCUT2D eigenvalue weighted by atomic mass is 10.1. The van der Waals surface area contributed by atoms with Gasteiger partial charge >= 0.3 is 0 Å². The summed E-state index contributed by atoms with van der Waals surface area (Å²) in [5.74, 6) is 0. The zero-order valence-corrected chi connectivity index (χ0v) is 6.92. The number of rotatable bonds is 3. The van der Waals surface area contributed by atoms with Crippen molar-refractivity contribution in [1.82, 2.24) is 0 Å². The summed E-state index contributed by atoms with van der Waals surface area (Å²) in [6, 6.07) is 8.10. The number of para-hydroxylation sites is 1. The first kappa shape index (κ1) is 8.08. The first-order valence-electron chi connectivity index (χ1n) is 3.75. The number of aryl methyl sites for hydroxylation is 1. The first-order chi connectivity index (χ1) is 5.38. The van der Waals surface area contributed by atoms with Gasteiger partial charge in [0.15, 0.2) is 0 Å². The fourth-order valence-electron chi connectivity index (χ4n) is 1.04. The van der Waals surface area contributed by atoms with E-state index in [-0.39, 0.29) is 0 Å². The van der Waals surface area contributed by atoms with E-state index in [0.717, 1.165) is 12.1 Å². The molecule has 0 aliphatic rings. The highest BCUT2D eigenvalue weighted by molar-refractivity contribution is 5.49. The molecule has 0 unspecified atom stereocenters. The van der Waals surface area contributed by atoms with E-state index in [2.05, 4.69) is 18.5 Å². The molecule has 1 aromatic carbocycles. The molecule has 0 fully saturated rings. The van der Waals surface area contributed by atoms with E-state index in [1.54, 1.807) is 7.11 Å². The highest BCUT2D eigenvalue weighted by Crippen LogP contribution is 2.14. The summed E-state index contributed by atoms with van der Waals surface area (Å²) in [5, 5.41) is 0. The maximum Gasteiger partial charge on any atom is 0.0636 e. The number of hydrogen-bond acceptors (Lipinski definition) is 2. The highest BCUT2D eigenvalue weighted by Gasteiger charge is 1.95. The molecule has 2 nitrogen and oxygen atoms in total. The Balaban J connectivity index is 2.83. The van der Waals surface area contributed by atoms with E-state index in [9.17, 15) is 0 Å². The molecule has 1 N–H and O–H groups in total. The lowest BCUT2D eigenvalue weighted by Crippen LogP contribution is -1.98. The minimum absolute atomic E-state index is 1.02. The second-order valence-corrected chi connectivity index (χ2v) is 2.32. The average Bonchev–Trinajstić information content (AvgIpc) is 2.06. The monoisotopic (exact) mass is 151 g/mol. The molecule has 0 radical (unpaired) electrons. The minimum Gasteiger partial charge on any atom is -0.279 e. The summed E-state index contributed by atoms with van der Waals surface area (Å²) in [7, 11) is 1.62. The van der Waals surface area contributed by atoms with Gasteiger partial charge in [0.2, 0.25) is 0 Å². The van der Waals surface area contributed by atoms with Crippen LogP contribution >= 0.6 is 0 Å². The maximum atomic E-state index is 4.82. The van der Waals surface area contributed by atoms with E-state index in [4.69, 9.17) is 4.84 Å². The van der Waals surface area contributed by atoms with E-state index < -0.39 is 0 Å². The van der Waals surface area contributed by atoms with Gasteiger partial charge in [-0.2, -0.15) is 0 Å². The molecule has 0 aromatic heterocycles. The van der Waals surface area contributed by atoms with Crippen LogP contribution < -0.4 is 5.48 Å². The molecule has 0 bridgehead atoms. The van der Waals surface area contributed by atoms with Gasteiger partial charge in [0, 0.05) is 0 Å². The van der Waals surface area contributed by atoms with Gasteiger partial charge in [-0.15, -0.1) is 0 Å². The zero-order chi connectivity index (χ0) is 8.10. The maximum absolute atomic E-state index is 4.82. The molecule has 0 spiro atoms. The third kappa shape index (κ3) is 1.95. The Morgan fingerprint density at radius 1 is 1.36 bits per heavy atom. The second kappa shape index (κ2) is 3.98. The SMILES string of the molecule is CCc1ccccc1NOC. The Morgan fingerprint density at radius 3 is 2.73 bits per heavy atom. The third-order valence-electron chi connectivity index (χ3n) is 1.61. The normalized spacial score (nSPS) is 9.64. The molecule has 1 rings (SSSR count). The molecule has 1 aromatic rings. The molecular weight excluding hydrogens is 138 g/mol. The standard InChI is InChI=1S/C9H13NO/c1-3-8-6-4-5-7-9(8)10-11-2/h4-7,10H,3H2,1-2H3. The quantitative estimate of drug-likeness (QED) is 0.669. The highest BCUT2D eigenvalue weighted by atomic mass is 16.6. The summed E-state index contributed by atoms with van der Waals surface area (Å²) in [4.78, 5) is 4.82. The van der Waals surface area contributed by atoms with Crippen LogP contribution in [0.25, 0.3) is 0 Å². The Labute approximate surface area is 67.1 Å². The van der Waals surface area contributed by atoms with Crippen molar-refractivity contribution in [2.24, 2.45) is 0 Å². The van der Waals surface area contributed by atoms with Crippen molar-refractivity contribution in [2.45, 2.75) is 13.3 Å². The lowest BCUT2D eigenvalue weighted by molar-refractivity contribution is 0.270. The van der Waals surface area contributed by atoms with Gasteiger partial charge in [-0.1, -0.05) is 25.1 Å². The van der Waals surface area contributed by atoms with Crippen LogP contribution in [0.1, 0.15) is 12.5 Å². The predicted molar refractivity (Wildman–Crippen MR) is 46.5 cm³/mol. The summed E-state index contributed by atoms with van der Waals surface area (Å²) < 4.78 is 0. The van der Waals surface area contributed by atoms with Gasteiger partial charge in [-0.05, 0) is 18.1 Å². The zero-order valence-electron chi connectivity index (χ0n) is 6.92. The first-order valence-corrected chi connectivity index (χ1v) is 3.75. The molecule has 60 valence electrons. The molecule has 0 aliphatic carbocycles. The molecule has 2 heteroatoms. The fourth-order valence-corrected chi connectivity index (χ4v) is 1.04. The lowest BCUT2D eigenvalue weighted by Gasteiger charge is -2.06. The molecule has 0 amide bonds. The summed E-state index contributed by atoms with van der Waals surface area (Å²) in [5.41, 5.74) is 5.15. The van der Waals surface area contributed by atoms with Crippen LogP contribution in [-0.2, 0) is 11.3 Å². The molecular formula is C9H13NO. The summed E-state index contributed by atoms with van der Waals surface area (Å²) >= 11 is 0. The van der Waals surface area contributed by atoms with Crippen molar-refractivity contribution in [2.75, 3.05) is 12.6 Å². The molecule has 0 atom stereocenters. The number of nitrogens with one attached hydrogen (secondary N) is 1. The van der Waals surface area contributed by atoms with Crippen LogP contribution in [0.3, 0.4) is 0 Å². The van der Waals surface area contributed by atoms with E-state index in [0.29, 0.717) is 0 Å². The average molecular weight is 151 g/mol. The van der Waals surface area contributed by atoms with Crippen LogP contribution in [0.2, 0.25) is 0 Å². The van der Waals surface area contributed by atoms with Crippen molar-refractivity contribution >= 4 is 5.69 Å². The van der Waals surface area contributed by atoms with Crippen LogP contribution in [-0.4, -0.2) is 7.11 Å². The van der Waals surface area contributed by atoms with Crippen molar-refractivity contribution in [3.63, 3.8) is 0 Å². The van der Waals surface area contributed by atoms with E-state index >= 15 is 0 Å². The van der Waals surface area contributed by atoms with Crippen LogP contribution in [0.15, 0.2) is 24.3 Å². The van der Waals surface area contributed by atoms with Gasteiger partial charge in [0.05, 0.1) is 12.8 Å². The predicted octanol–water partition coefficient (Wildman–Crippen LogP) is 2.22. The van der Waals surface area contributed by atoms with Crippen molar-refractivity contribution < 1.29 is 4.84 Å². The third-order valence-corrected chi connectivity index (χ3v) is 1.61. The Bertz CT molecular complexity index is 223. The van der Waals surface area contributed by atoms with Gasteiger partial charge in [-0.3, -0.25) is 10.3 Å².